The van der Waals surface area contributed by atoms with Crippen LogP contribution in [0.1, 0.15) is 41.5 Å². The molecule has 0 heterocycles. The largest absolute Gasteiger partial charge is 0.464 e. The number of alkyl carbamates (subject to hydrolysis) is 1. The Balaban J connectivity index is 4.88. The van der Waals surface area contributed by atoms with Gasteiger partial charge in [0.05, 0.1) is 7.11 Å². The molecular formula is C13H23NO4. The van der Waals surface area contributed by atoms with Gasteiger partial charge in [-0.05, 0) is 32.3 Å². The SMILES string of the molecule is COC(=O)C(=CC(C)(C)C)NC(=O)OC(C)(C)C. The molecular weight excluding hydrogens is 234 g/mol. The van der Waals surface area contributed by atoms with E-state index >= 15 is 0 Å². The third-order valence-corrected chi connectivity index (χ3v) is 1.62. The zero-order chi connectivity index (χ0) is 14.6. The van der Waals surface area contributed by atoms with Gasteiger partial charge in [0.25, 0.3) is 0 Å². The molecule has 0 aromatic heterocycles. The lowest BCUT2D eigenvalue weighted by Gasteiger charge is -2.21. The number of ether oxygens (including phenoxy) is 2. The zero-order valence-corrected chi connectivity index (χ0v) is 12.2. The predicted molar refractivity (Wildman–Crippen MR) is 68.9 cm³/mol. The van der Waals surface area contributed by atoms with E-state index in [2.05, 4.69) is 10.1 Å². The van der Waals surface area contributed by atoms with E-state index < -0.39 is 17.7 Å². The molecule has 5 heteroatoms. The molecule has 0 spiro atoms. The number of allylic oxidation sites excluding steroid dienone is 1. The van der Waals surface area contributed by atoms with Gasteiger partial charge in [0, 0.05) is 0 Å². The molecule has 0 aromatic rings. The van der Waals surface area contributed by atoms with Crippen molar-refractivity contribution in [2.75, 3.05) is 7.11 Å². The average molecular weight is 257 g/mol. The van der Waals surface area contributed by atoms with Crippen LogP contribution in [0.5, 0.6) is 0 Å². The van der Waals surface area contributed by atoms with E-state index in [-0.39, 0.29) is 11.1 Å². The Morgan fingerprint density at radius 1 is 1.06 bits per heavy atom. The van der Waals surface area contributed by atoms with E-state index in [0.717, 1.165) is 0 Å². The molecule has 1 amide bonds. The normalized spacial score (nSPS) is 12.9. The monoisotopic (exact) mass is 257 g/mol. The number of carbonyl (C=O) groups excluding carboxylic acids is 2. The number of hydrogen-bond acceptors (Lipinski definition) is 4. The van der Waals surface area contributed by atoms with Crippen LogP contribution in [-0.2, 0) is 14.3 Å². The molecule has 0 aromatic carbocycles. The Morgan fingerprint density at radius 2 is 1.56 bits per heavy atom. The maximum atomic E-state index is 11.6. The van der Waals surface area contributed by atoms with Gasteiger partial charge in [-0.3, -0.25) is 5.32 Å². The van der Waals surface area contributed by atoms with Crippen LogP contribution in [0.15, 0.2) is 11.8 Å². The molecule has 18 heavy (non-hydrogen) atoms. The number of esters is 1. The molecule has 0 rings (SSSR count). The van der Waals surface area contributed by atoms with E-state index in [9.17, 15) is 9.59 Å². The van der Waals surface area contributed by atoms with Crippen LogP contribution in [0.4, 0.5) is 4.79 Å². The Bertz CT molecular complexity index is 345. The fourth-order valence-corrected chi connectivity index (χ4v) is 1.10. The van der Waals surface area contributed by atoms with Gasteiger partial charge < -0.3 is 9.47 Å². The van der Waals surface area contributed by atoms with Crippen LogP contribution in [0, 0.1) is 5.41 Å². The Morgan fingerprint density at radius 3 is 1.89 bits per heavy atom. The van der Waals surface area contributed by atoms with Crippen LogP contribution >= 0.6 is 0 Å². The van der Waals surface area contributed by atoms with Crippen LogP contribution in [0.3, 0.4) is 0 Å². The first kappa shape index (κ1) is 16.5. The second-order valence-corrected chi connectivity index (χ2v) is 6.04. The lowest BCUT2D eigenvalue weighted by atomic mass is 9.95. The van der Waals surface area contributed by atoms with Gasteiger partial charge in [-0.1, -0.05) is 20.8 Å². The predicted octanol–water partition coefficient (Wildman–Crippen LogP) is 2.61. The fourth-order valence-electron chi connectivity index (χ4n) is 1.10. The number of nitrogens with one attached hydrogen (secondary N) is 1. The lowest BCUT2D eigenvalue weighted by molar-refractivity contribution is -0.136. The number of hydrogen-bond donors (Lipinski definition) is 1. The number of methoxy groups -OCH3 is 1. The first-order valence-electron chi connectivity index (χ1n) is 5.76. The zero-order valence-electron chi connectivity index (χ0n) is 12.2. The fraction of sp³-hybridized carbons (Fsp3) is 0.692. The van der Waals surface area contributed by atoms with Crippen molar-refractivity contribution < 1.29 is 19.1 Å². The van der Waals surface area contributed by atoms with Gasteiger partial charge in [-0.25, -0.2) is 9.59 Å². The first-order chi connectivity index (χ1) is 7.94. The highest BCUT2D eigenvalue weighted by Crippen LogP contribution is 2.17. The summed E-state index contributed by atoms with van der Waals surface area (Å²) in [5.74, 6) is -0.601. The summed E-state index contributed by atoms with van der Waals surface area (Å²) >= 11 is 0. The molecule has 0 unspecified atom stereocenters. The molecule has 0 radical (unpaired) electrons. The molecule has 0 aliphatic carbocycles. The van der Waals surface area contributed by atoms with Crippen LogP contribution in [0.25, 0.3) is 0 Å². The molecule has 0 aliphatic heterocycles. The van der Waals surface area contributed by atoms with Crippen molar-refractivity contribution in [3.63, 3.8) is 0 Å². The summed E-state index contributed by atoms with van der Waals surface area (Å²) in [7, 11) is 1.26. The van der Waals surface area contributed by atoms with E-state index in [1.54, 1.807) is 26.8 Å². The maximum absolute atomic E-state index is 11.6. The Kier molecular flexibility index (Phi) is 5.39. The third-order valence-electron chi connectivity index (χ3n) is 1.62. The van der Waals surface area contributed by atoms with Crippen molar-refractivity contribution in [3.8, 4) is 0 Å². The van der Waals surface area contributed by atoms with Crippen molar-refractivity contribution in [1.82, 2.24) is 5.32 Å². The van der Waals surface area contributed by atoms with Gasteiger partial charge >= 0.3 is 12.1 Å². The summed E-state index contributed by atoms with van der Waals surface area (Å²) < 4.78 is 9.69. The van der Waals surface area contributed by atoms with Crippen molar-refractivity contribution in [2.45, 2.75) is 47.1 Å². The quantitative estimate of drug-likeness (QED) is 0.610. The van der Waals surface area contributed by atoms with Gasteiger partial charge in [0.1, 0.15) is 11.3 Å². The van der Waals surface area contributed by atoms with Gasteiger partial charge in [0.2, 0.25) is 0 Å². The van der Waals surface area contributed by atoms with Gasteiger partial charge in [0.15, 0.2) is 0 Å². The topological polar surface area (TPSA) is 64.6 Å². The highest BCUT2D eigenvalue weighted by atomic mass is 16.6. The standard InChI is InChI=1S/C13H23NO4/c1-12(2,3)8-9(10(15)17-7)14-11(16)18-13(4,5)6/h8H,1-7H3,(H,14,16). The summed E-state index contributed by atoms with van der Waals surface area (Å²) in [5, 5.41) is 2.41. The summed E-state index contributed by atoms with van der Waals surface area (Å²) in [4.78, 5) is 23.1. The number of amides is 1. The summed E-state index contributed by atoms with van der Waals surface area (Å²) in [6, 6.07) is 0. The summed E-state index contributed by atoms with van der Waals surface area (Å²) in [6.45, 7) is 11.0. The highest BCUT2D eigenvalue weighted by Gasteiger charge is 2.21. The van der Waals surface area contributed by atoms with Crippen LogP contribution in [-0.4, -0.2) is 24.8 Å². The number of carbonyl (C=O) groups is 2. The van der Waals surface area contributed by atoms with E-state index in [0.29, 0.717) is 0 Å². The molecule has 0 saturated heterocycles. The second-order valence-electron chi connectivity index (χ2n) is 6.04. The van der Waals surface area contributed by atoms with Crippen molar-refractivity contribution >= 4 is 12.1 Å². The van der Waals surface area contributed by atoms with E-state index in [4.69, 9.17) is 4.74 Å². The minimum atomic E-state index is -0.677. The molecule has 5 nitrogen and oxygen atoms in total. The molecule has 0 bridgehead atoms. The van der Waals surface area contributed by atoms with Gasteiger partial charge in [-0.2, -0.15) is 0 Å². The molecule has 0 atom stereocenters. The van der Waals surface area contributed by atoms with E-state index in [1.807, 2.05) is 20.8 Å². The molecule has 1 N–H and O–H groups in total. The highest BCUT2D eigenvalue weighted by molar-refractivity contribution is 5.92. The Hall–Kier alpha value is -1.52. The van der Waals surface area contributed by atoms with Crippen LogP contribution in [0.2, 0.25) is 0 Å². The number of rotatable bonds is 2. The lowest BCUT2D eigenvalue weighted by Crippen LogP contribution is -2.35. The smallest absolute Gasteiger partial charge is 0.412 e. The minimum absolute atomic E-state index is 0.0826. The maximum Gasteiger partial charge on any atom is 0.412 e. The molecule has 104 valence electrons. The summed E-state index contributed by atoms with van der Waals surface area (Å²) in [6.07, 6.45) is 0.950. The van der Waals surface area contributed by atoms with Crippen molar-refractivity contribution in [3.05, 3.63) is 11.8 Å². The molecule has 0 saturated carbocycles. The van der Waals surface area contributed by atoms with Crippen LogP contribution < -0.4 is 5.32 Å². The Labute approximate surface area is 109 Å². The third kappa shape index (κ3) is 7.70. The van der Waals surface area contributed by atoms with E-state index in [1.165, 1.54) is 7.11 Å². The molecule has 0 aliphatic rings. The van der Waals surface area contributed by atoms with Gasteiger partial charge in [-0.15, -0.1) is 0 Å². The molecule has 0 fully saturated rings. The van der Waals surface area contributed by atoms with Crippen molar-refractivity contribution in [1.29, 1.82) is 0 Å². The minimum Gasteiger partial charge on any atom is -0.464 e. The summed E-state index contributed by atoms with van der Waals surface area (Å²) in [5.41, 5.74) is -0.801. The average Bonchev–Trinajstić information content (AvgIpc) is 2.10. The first-order valence-corrected chi connectivity index (χ1v) is 5.76. The van der Waals surface area contributed by atoms with Crippen molar-refractivity contribution in [2.24, 2.45) is 5.41 Å². The second kappa shape index (κ2) is 5.89.